The second-order valence-electron chi connectivity index (χ2n) is 5.97. The van der Waals surface area contributed by atoms with Crippen molar-refractivity contribution in [1.82, 2.24) is 0 Å². The molecule has 0 heterocycles. The van der Waals surface area contributed by atoms with Crippen molar-refractivity contribution in [2.24, 2.45) is 11.8 Å². The molecule has 0 radical (unpaired) electrons. The smallest absolute Gasteiger partial charge is 0.0346 e. The molecule has 0 spiro atoms. The van der Waals surface area contributed by atoms with Crippen molar-refractivity contribution < 1.29 is 0 Å². The number of hydrogen-bond donors (Lipinski definition) is 1. The van der Waals surface area contributed by atoms with Gasteiger partial charge in [-0.25, -0.2) is 0 Å². The van der Waals surface area contributed by atoms with Crippen LogP contribution >= 0.6 is 0 Å². The second-order valence-corrected chi connectivity index (χ2v) is 5.97. The summed E-state index contributed by atoms with van der Waals surface area (Å²) >= 11 is 0. The molecule has 1 aliphatic carbocycles. The number of nitrogen functional groups attached to an aromatic ring is 1. The minimum Gasteiger partial charge on any atom is -0.399 e. The van der Waals surface area contributed by atoms with Gasteiger partial charge in [0.2, 0.25) is 0 Å². The highest BCUT2D eigenvalue weighted by Gasteiger charge is 2.24. The molecule has 0 unspecified atom stereocenters. The number of anilines is 1. The third-order valence-corrected chi connectivity index (χ3v) is 4.49. The topological polar surface area (TPSA) is 26.0 Å². The molecule has 0 saturated heterocycles. The van der Waals surface area contributed by atoms with Gasteiger partial charge in [0.25, 0.3) is 0 Å². The van der Waals surface area contributed by atoms with Gasteiger partial charge in [-0.2, -0.15) is 0 Å². The van der Waals surface area contributed by atoms with E-state index in [1.165, 1.54) is 36.8 Å². The van der Waals surface area contributed by atoms with Crippen molar-refractivity contribution in [3.63, 3.8) is 0 Å². The molecule has 1 fully saturated rings. The highest BCUT2D eigenvalue weighted by atomic mass is 14.6. The summed E-state index contributed by atoms with van der Waals surface area (Å²) in [5, 5.41) is 0. The molecule has 17 heavy (non-hydrogen) atoms. The van der Waals surface area contributed by atoms with E-state index in [0.717, 1.165) is 23.4 Å². The van der Waals surface area contributed by atoms with Crippen LogP contribution in [-0.2, 0) is 0 Å². The van der Waals surface area contributed by atoms with Gasteiger partial charge >= 0.3 is 0 Å². The molecule has 1 aromatic rings. The zero-order valence-electron chi connectivity index (χ0n) is 11.4. The summed E-state index contributed by atoms with van der Waals surface area (Å²) in [5.41, 5.74) is 9.61. The van der Waals surface area contributed by atoms with Crippen LogP contribution in [0.25, 0.3) is 0 Å². The fraction of sp³-hybridized carbons (Fsp3) is 0.625. The molecule has 1 aliphatic rings. The first-order chi connectivity index (χ1) is 8.08. The van der Waals surface area contributed by atoms with E-state index in [4.69, 9.17) is 5.73 Å². The largest absolute Gasteiger partial charge is 0.399 e. The van der Waals surface area contributed by atoms with Crippen LogP contribution in [0.2, 0.25) is 0 Å². The van der Waals surface area contributed by atoms with Crippen molar-refractivity contribution >= 4 is 5.69 Å². The lowest BCUT2D eigenvalue weighted by Gasteiger charge is -2.31. The summed E-state index contributed by atoms with van der Waals surface area (Å²) in [5.74, 6) is 2.53. The van der Waals surface area contributed by atoms with Crippen LogP contribution in [0.5, 0.6) is 0 Å². The van der Waals surface area contributed by atoms with Crippen molar-refractivity contribution in [3.05, 3.63) is 29.3 Å². The molecule has 2 rings (SSSR count). The highest BCUT2D eigenvalue weighted by Crippen LogP contribution is 2.39. The molecule has 1 nitrogen and oxygen atoms in total. The average molecular weight is 231 g/mol. The van der Waals surface area contributed by atoms with E-state index in [1.54, 1.807) is 0 Å². The van der Waals surface area contributed by atoms with Gasteiger partial charge in [-0.3, -0.25) is 0 Å². The Hall–Kier alpha value is -0.980. The van der Waals surface area contributed by atoms with E-state index in [0.29, 0.717) is 0 Å². The quantitative estimate of drug-likeness (QED) is 0.745. The summed E-state index contributed by atoms with van der Waals surface area (Å²) < 4.78 is 0. The van der Waals surface area contributed by atoms with Crippen molar-refractivity contribution in [2.75, 3.05) is 5.73 Å². The zero-order valence-corrected chi connectivity index (χ0v) is 11.4. The Morgan fingerprint density at radius 1 is 1.12 bits per heavy atom. The van der Waals surface area contributed by atoms with E-state index in [9.17, 15) is 0 Å². The third-order valence-electron chi connectivity index (χ3n) is 4.49. The van der Waals surface area contributed by atoms with Crippen molar-refractivity contribution in [1.29, 1.82) is 0 Å². The number of nitrogens with two attached hydrogens (primary N) is 1. The minimum absolute atomic E-state index is 0.743. The summed E-state index contributed by atoms with van der Waals surface area (Å²) in [7, 11) is 0. The maximum absolute atomic E-state index is 6.00. The van der Waals surface area contributed by atoms with Gasteiger partial charge < -0.3 is 5.73 Å². The monoisotopic (exact) mass is 231 g/mol. The van der Waals surface area contributed by atoms with Gasteiger partial charge in [-0.15, -0.1) is 0 Å². The summed E-state index contributed by atoms with van der Waals surface area (Å²) in [6.45, 7) is 6.79. The Balaban J connectivity index is 2.03. The zero-order chi connectivity index (χ0) is 12.4. The Bertz CT molecular complexity index is 373. The fourth-order valence-corrected chi connectivity index (χ4v) is 3.03. The fourth-order valence-electron chi connectivity index (χ4n) is 3.03. The number of benzene rings is 1. The second kappa shape index (κ2) is 5.12. The van der Waals surface area contributed by atoms with Crippen LogP contribution in [-0.4, -0.2) is 0 Å². The molecule has 0 atom stereocenters. The van der Waals surface area contributed by atoms with E-state index in [1.807, 2.05) is 0 Å². The average Bonchev–Trinajstić information content (AvgIpc) is 2.33. The number of hydrogen-bond acceptors (Lipinski definition) is 1. The SMILES string of the molecule is Cc1ccc(C2CCC(C(C)C)CC2)cc1N. The first kappa shape index (κ1) is 12.5. The molecule has 1 saturated carbocycles. The molecule has 1 aromatic carbocycles. The van der Waals surface area contributed by atoms with E-state index in [-0.39, 0.29) is 0 Å². The minimum atomic E-state index is 0.743. The molecule has 0 aromatic heterocycles. The Morgan fingerprint density at radius 2 is 1.76 bits per heavy atom. The van der Waals surface area contributed by atoms with Gasteiger partial charge in [-0.05, 0) is 67.6 Å². The van der Waals surface area contributed by atoms with E-state index in [2.05, 4.69) is 39.0 Å². The molecular weight excluding hydrogens is 206 g/mol. The predicted molar refractivity (Wildman–Crippen MR) is 75.1 cm³/mol. The molecule has 2 N–H and O–H groups in total. The molecule has 94 valence electrons. The Labute approximate surface area is 105 Å². The molecule has 1 heteroatoms. The maximum atomic E-state index is 6.00. The standard InChI is InChI=1S/C16H25N/c1-11(2)13-6-8-14(9-7-13)15-5-4-12(3)16(17)10-15/h4-5,10-11,13-14H,6-9,17H2,1-3H3. The van der Waals surface area contributed by atoms with Gasteiger partial charge in [-0.1, -0.05) is 26.0 Å². The van der Waals surface area contributed by atoms with Gasteiger partial charge in [0, 0.05) is 5.69 Å². The van der Waals surface area contributed by atoms with Crippen LogP contribution in [0, 0.1) is 18.8 Å². The lowest BCUT2D eigenvalue weighted by atomic mass is 9.74. The van der Waals surface area contributed by atoms with Gasteiger partial charge in [0.1, 0.15) is 0 Å². The summed E-state index contributed by atoms with van der Waals surface area (Å²) in [6, 6.07) is 6.63. The molecular formula is C16H25N. The predicted octanol–water partition coefficient (Wildman–Crippen LogP) is 4.51. The normalized spacial score (nSPS) is 25.2. The van der Waals surface area contributed by atoms with Crippen molar-refractivity contribution in [3.8, 4) is 0 Å². The van der Waals surface area contributed by atoms with Crippen LogP contribution in [0.1, 0.15) is 56.6 Å². The van der Waals surface area contributed by atoms with Gasteiger partial charge in [0.05, 0.1) is 0 Å². The van der Waals surface area contributed by atoms with Crippen LogP contribution in [0.3, 0.4) is 0 Å². The van der Waals surface area contributed by atoms with E-state index >= 15 is 0 Å². The van der Waals surface area contributed by atoms with Crippen LogP contribution in [0.4, 0.5) is 5.69 Å². The summed E-state index contributed by atoms with van der Waals surface area (Å²) in [4.78, 5) is 0. The Kier molecular flexibility index (Phi) is 3.76. The Morgan fingerprint density at radius 3 is 2.29 bits per heavy atom. The van der Waals surface area contributed by atoms with Crippen molar-refractivity contribution in [2.45, 2.75) is 52.4 Å². The molecule has 0 bridgehead atoms. The third kappa shape index (κ3) is 2.83. The van der Waals surface area contributed by atoms with Crippen LogP contribution < -0.4 is 5.73 Å². The lowest BCUT2D eigenvalue weighted by molar-refractivity contribution is 0.259. The van der Waals surface area contributed by atoms with E-state index < -0.39 is 0 Å². The first-order valence-corrected chi connectivity index (χ1v) is 6.94. The maximum Gasteiger partial charge on any atom is 0.0346 e. The van der Waals surface area contributed by atoms with Crippen LogP contribution in [0.15, 0.2) is 18.2 Å². The number of rotatable bonds is 2. The summed E-state index contributed by atoms with van der Waals surface area (Å²) in [6.07, 6.45) is 5.45. The number of aryl methyl sites for hydroxylation is 1. The lowest BCUT2D eigenvalue weighted by Crippen LogP contribution is -2.17. The van der Waals surface area contributed by atoms with Gasteiger partial charge in [0.15, 0.2) is 0 Å². The molecule has 0 amide bonds. The highest BCUT2D eigenvalue weighted by molar-refractivity contribution is 5.49. The molecule has 0 aliphatic heterocycles. The first-order valence-electron chi connectivity index (χ1n) is 6.94.